The van der Waals surface area contributed by atoms with Crippen LogP contribution in [0.2, 0.25) is 0 Å². The zero-order valence-corrected chi connectivity index (χ0v) is 14.4. The summed E-state index contributed by atoms with van der Waals surface area (Å²) in [6, 6.07) is 7.56. The van der Waals surface area contributed by atoms with E-state index in [4.69, 9.17) is 0 Å². The molecule has 0 fully saturated rings. The van der Waals surface area contributed by atoms with Crippen LogP contribution in [-0.2, 0) is 11.3 Å². The van der Waals surface area contributed by atoms with Crippen molar-refractivity contribution < 1.29 is 9.18 Å². The first-order valence-corrected chi connectivity index (χ1v) is 8.09. The summed E-state index contributed by atoms with van der Waals surface area (Å²) in [5, 5.41) is 11.1. The molecular weight excluding hydrogens is 377 g/mol. The number of hydrogen-bond acceptors (Lipinski definition) is 3. The topological polar surface area (TPSA) is 64.7 Å². The second kappa shape index (κ2) is 6.96. The Morgan fingerprint density at radius 3 is 2.96 bits per heavy atom. The Hall–Kier alpha value is -2.48. The summed E-state index contributed by atoms with van der Waals surface area (Å²) < 4.78 is 17.2. The van der Waals surface area contributed by atoms with Crippen LogP contribution in [0.1, 0.15) is 18.5 Å². The van der Waals surface area contributed by atoms with Gasteiger partial charge in [-0.25, -0.2) is 4.39 Å². The Labute approximate surface area is 146 Å². The summed E-state index contributed by atoms with van der Waals surface area (Å²) >= 11 is 3.30. The molecule has 8 heteroatoms. The van der Waals surface area contributed by atoms with Gasteiger partial charge in [0.05, 0.1) is 17.2 Å². The molecule has 2 heterocycles. The van der Waals surface area contributed by atoms with Crippen molar-refractivity contribution >= 4 is 27.7 Å². The van der Waals surface area contributed by atoms with Crippen LogP contribution in [0.15, 0.2) is 53.4 Å². The zero-order chi connectivity index (χ0) is 17.1. The number of nitrogens with zero attached hydrogens (tertiary/aromatic N) is 4. The fraction of sp³-hybridized carbons (Fsp3) is 0.188. The van der Waals surface area contributed by atoms with Gasteiger partial charge in [0.2, 0.25) is 5.91 Å². The monoisotopic (exact) mass is 391 g/mol. The molecule has 24 heavy (non-hydrogen) atoms. The van der Waals surface area contributed by atoms with Crippen molar-refractivity contribution in [3.8, 4) is 0 Å². The van der Waals surface area contributed by atoms with Gasteiger partial charge >= 0.3 is 0 Å². The molecule has 1 atom stereocenters. The van der Waals surface area contributed by atoms with Crippen molar-refractivity contribution in [2.45, 2.75) is 19.5 Å². The Morgan fingerprint density at radius 1 is 1.42 bits per heavy atom. The minimum atomic E-state index is -0.468. The molecule has 0 aliphatic rings. The van der Waals surface area contributed by atoms with Gasteiger partial charge in [-0.05, 0) is 40.5 Å². The third kappa shape index (κ3) is 3.88. The zero-order valence-electron chi connectivity index (χ0n) is 12.9. The number of carbonyl (C=O) groups is 1. The number of nitrogens with one attached hydrogen (secondary N) is 1. The van der Waals surface area contributed by atoms with Crippen LogP contribution in [0, 0.1) is 5.82 Å². The first kappa shape index (κ1) is 16.4. The van der Waals surface area contributed by atoms with Gasteiger partial charge in [0.15, 0.2) is 5.82 Å². The van der Waals surface area contributed by atoms with Crippen molar-refractivity contribution in [2.24, 2.45) is 0 Å². The highest BCUT2D eigenvalue weighted by atomic mass is 79.9. The number of hydrogen-bond donors (Lipinski definition) is 1. The molecule has 6 nitrogen and oxygen atoms in total. The van der Waals surface area contributed by atoms with Crippen molar-refractivity contribution in [3.05, 3.63) is 64.8 Å². The van der Waals surface area contributed by atoms with Gasteiger partial charge in [-0.2, -0.15) is 10.2 Å². The van der Waals surface area contributed by atoms with E-state index in [1.165, 1.54) is 12.1 Å². The number of carbonyl (C=O) groups excluding carboxylic acids is 1. The fourth-order valence-corrected chi connectivity index (χ4v) is 2.52. The maximum Gasteiger partial charge on any atom is 0.250 e. The third-order valence-corrected chi connectivity index (χ3v) is 3.88. The number of halogens is 2. The Kier molecular flexibility index (Phi) is 4.75. The molecule has 0 saturated heterocycles. The van der Waals surface area contributed by atoms with E-state index in [0.29, 0.717) is 12.4 Å². The first-order valence-electron chi connectivity index (χ1n) is 7.30. The molecule has 1 amide bonds. The highest BCUT2D eigenvalue weighted by Crippen LogP contribution is 2.14. The molecule has 1 aromatic carbocycles. The predicted octanol–water partition coefficient (Wildman–Crippen LogP) is 3.23. The number of rotatable bonds is 5. The quantitative estimate of drug-likeness (QED) is 0.725. The van der Waals surface area contributed by atoms with Crippen molar-refractivity contribution in [1.82, 2.24) is 19.6 Å². The average molecular weight is 392 g/mol. The van der Waals surface area contributed by atoms with Gasteiger partial charge in [0.25, 0.3) is 0 Å². The number of amides is 1. The van der Waals surface area contributed by atoms with Gasteiger partial charge in [-0.3, -0.25) is 14.2 Å². The van der Waals surface area contributed by atoms with E-state index < -0.39 is 6.04 Å². The Bertz CT molecular complexity index is 860. The molecule has 0 radical (unpaired) electrons. The van der Waals surface area contributed by atoms with Gasteiger partial charge in [-0.1, -0.05) is 12.1 Å². The smallest absolute Gasteiger partial charge is 0.250 e. The maximum atomic E-state index is 13.2. The highest BCUT2D eigenvalue weighted by Gasteiger charge is 2.16. The van der Waals surface area contributed by atoms with Crippen molar-refractivity contribution in [3.63, 3.8) is 0 Å². The summed E-state index contributed by atoms with van der Waals surface area (Å²) in [6.45, 7) is 2.17. The van der Waals surface area contributed by atoms with E-state index in [9.17, 15) is 9.18 Å². The summed E-state index contributed by atoms with van der Waals surface area (Å²) in [5.41, 5.74) is 0.797. The summed E-state index contributed by atoms with van der Waals surface area (Å²) in [4.78, 5) is 12.2. The van der Waals surface area contributed by atoms with Gasteiger partial charge < -0.3 is 5.32 Å². The number of aromatic nitrogens is 4. The van der Waals surface area contributed by atoms with Crippen LogP contribution in [-0.4, -0.2) is 25.5 Å². The minimum Gasteiger partial charge on any atom is -0.307 e. The standard InChI is InChI=1S/C16H15BrFN5O/c1-11(23-10-13(17)8-19-23)16(24)20-15-5-6-22(21-15)9-12-3-2-4-14(18)7-12/h2-8,10-11H,9H2,1H3,(H,20,21,24). The molecule has 0 aliphatic carbocycles. The Balaban J connectivity index is 1.64. The van der Waals surface area contributed by atoms with Crippen LogP contribution in [0.5, 0.6) is 0 Å². The predicted molar refractivity (Wildman–Crippen MR) is 91.0 cm³/mol. The summed E-state index contributed by atoms with van der Waals surface area (Å²) in [7, 11) is 0. The molecule has 1 N–H and O–H groups in total. The Morgan fingerprint density at radius 2 is 2.25 bits per heavy atom. The van der Waals surface area contributed by atoms with E-state index in [2.05, 4.69) is 31.4 Å². The lowest BCUT2D eigenvalue weighted by atomic mass is 10.2. The normalized spacial score (nSPS) is 12.1. The van der Waals surface area contributed by atoms with Crippen LogP contribution in [0.3, 0.4) is 0 Å². The highest BCUT2D eigenvalue weighted by molar-refractivity contribution is 9.10. The van der Waals surface area contributed by atoms with E-state index in [1.54, 1.807) is 47.0 Å². The fourth-order valence-electron chi connectivity index (χ4n) is 2.22. The second-order valence-corrected chi connectivity index (χ2v) is 6.25. The van der Waals surface area contributed by atoms with E-state index in [1.807, 2.05) is 6.07 Å². The summed E-state index contributed by atoms with van der Waals surface area (Å²) in [5.74, 6) is -0.0662. The lowest BCUT2D eigenvalue weighted by molar-refractivity contribution is -0.119. The molecule has 0 aliphatic heterocycles. The van der Waals surface area contributed by atoms with Crippen molar-refractivity contribution in [2.75, 3.05) is 5.32 Å². The largest absolute Gasteiger partial charge is 0.307 e. The van der Waals surface area contributed by atoms with Crippen LogP contribution in [0.25, 0.3) is 0 Å². The minimum absolute atomic E-state index is 0.221. The van der Waals surface area contributed by atoms with Gasteiger partial charge in [0.1, 0.15) is 11.9 Å². The van der Waals surface area contributed by atoms with Gasteiger partial charge in [-0.15, -0.1) is 0 Å². The van der Waals surface area contributed by atoms with E-state index in [-0.39, 0.29) is 11.7 Å². The summed E-state index contributed by atoms with van der Waals surface area (Å²) in [6.07, 6.45) is 5.08. The molecule has 3 rings (SSSR count). The molecular formula is C16H15BrFN5O. The molecule has 2 aromatic heterocycles. The SMILES string of the molecule is CC(C(=O)Nc1ccn(Cc2cccc(F)c2)n1)n1cc(Br)cn1. The average Bonchev–Trinajstić information content (AvgIpc) is 3.16. The van der Waals surface area contributed by atoms with Gasteiger partial charge in [0, 0.05) is 18.5 Å². The van der Waals surface area contributed by atoms with Crippen LogP contribution >= 0.6 is 15.9 Å². The third-order valence-electron chi connectivity index (χ3n) is 3.47. The lowest BCUT2D eigenvalue weighted by Crippen LogP contribution is -2.24. The molecule has 0 saturated carbocycles. The van der Waals surface area contributed by atoms with Crippen LogP contribution < -0.4 is 5.32 Å². The number of benzene rings is 1. The maximum absolute atomic E-state index is 13.2. The molecule has 1 unspecified atom stereocenters. The van der Waals surface area contributed by atoms with Crippen LogP contribution in [0.4, 0.5) is 10.2 Å². The van der Waals surface area contributed by atoms with E-state index >= 15 is 0 Å². The lowest BCUT2D eigenvalue weighted by Gasteiger charge is -2.11. The first-order chi connectivity index (χ1) is 11.5. The number of anilines is 1. The molecule has 3 aromatic rings. The second-order valence-electron chi connectivity index (χ2n) is 5.33. The molecule has 0 spiro atoms. The van der Waals surface area contributed by atoms with E-state index in [0.717, 1.165) is 10.0 Å². The molecule has 0 bridgehead atoms. The van der Waals surface area contributed by atoms with Crippen molar-refractivity contribution in [1.29, 1.82) is 0 Å². The molecule has 124 valence electrons.